The van der Waals surface area contributed by atoms with Crippen molar-refractivity contribution in [3.8, 4) is 17.2 Å². The Hall–Kier alpha value is -4.64. The number of carbonyl (C=O) groups is 3. The predicted molar refractivity (Wildman–Crippen MR) is 124 cm³/mol. The van der Waals surface area contributed by atoms with E-state index in [1.54, 1.807) is 30.3 Å². The monoisotopic (exact) mass is 439 g/mol. The molecule has 3 aromatic carbocycles. The molecule has 1 aliphatic rings. The summed E-state index contributed by atoms with van der Waals surface area (Å²) in [5, 5.41) is 17.2. The number of nitrogens with zero attached hydrogens (tertiary/aromatic N) is 2. The maximum atomic E-state index is 12.5. The summed E-state index contributed by atoms with van der Waals surface area (Å²) in [5.74, 6) is -0.349. The number of hydrogen-bond acceptors (Lipinski definition) is 4. The second-order valence-electron chi connectivity index (χ2n) is 7.57. The standard InChI is InChI=1S/C25H21N5O3/c1-16(18-8-10-19(11-9-18)20-5-2-4-17(12-20)14-26)28-24(32)29-21-6-3-7-22(13-21)30-23(31)15-27-25(30)33/h2-13,16H,15H2,1H3,(H,27,33)(H2,28,29,32). The van der Waals surface area contributed by atoms with Gasteiger partial charge in [-0.2, -0.15) is 5.26 Å². The van der Waals surface area contributed by atoms with Crippen LogP contribution in [-0.4, -0.2) is 24.5 Å². The number of imide groups is 1. The molecule has 0 aliphatic carbocycles. The molecule has 0 aromatic heterocycles. The van der Waals surface area contributed by atoms with E-state index in [0.29, 0.717) is 16.9 Å². The molecule has 3 aromatic rings. The zero-order chi connectivity index (χ0) is 23.4. The Labute approximate surface area is 190 Å². The Morgan fingerprint density at radius 3 is 2.48 bits per heavy atom. The molecule has 5 amide bonds. The summed E-state index contributed by atoms with van der Waals surface area (Å²) in [5.41, 5.74) is 4.28. The van der Waals surface area contributed by atoms with Crippen LogP contribution in [0.15, 0.2) is 72.8 Å². The first-order valence-electron chi connectivity index (χ1n) is 10.3. The Balaban J connectivity index is 1.40. The molecule has 1 fully saturated rings. The van der Waals surface area contributed by atoms with Crippen LogP contribution in [0.1, 0.15) is 24.1 Å². The minimum Gasteiger partial charge on any atom is -0.331 e. The summed E-state index contributed by atoms with van der Waals surface area (Å²) in [4.78, 5) is 37.3. The number of nitriles is 1. The van der Waals surface area contributed by atoms with Gasteiger partial charge in [-0.3, -0.25) is 4.79 Å². The van der Waals surface area contributed by atoms with E-state index >= 15 is 0 Å². The van der Waals surface area contributed by atoms with E-state index in [4.69, 9.17) is 5.26 Å². The van der Waals surface area contributed by atoms with Crippen LogP contribution < -0.4 is 20.9 Å². The van der Waals surface area contributed by atoms with Crippen LogP contribution in [0.3, 0.4) is 0 Å². The van der Waals surface area contributed by atoms with Crippen molar-refractivity contribution < 1.29 is 14.4 Å². The van der Waals surface area contributed by atoms with Crippen molar-refractivity contribution in [1.82, 2.24) is 10.6 Å². The predicted octanol–water partition coefficient (Wildman–Crippen LogP) is 4.16. The van der Waals surface area contributed by atoms with E-state index < -0.39 is 12.1 Å². The minimum absolute atomic E-state index is 0.0446. The van der Waals surface area contributed by atoms with Gasteiger partial charge in [0.2, 0.25) is 0 Å². The average Bonchev–Trinajstić information content (AvgIpc) is 3.17. The highest BCUT2D eigenvalue weighted by atomic mass is 16.2. The fourth-order valence-electron chi connectivity index (χ4n) is 3.59. The van der Waals surface area contributed by atoms with Crippen molar-refractivity contribution in [2.45, 2.75) is 13.0 Å². The summed E-state index contributed by atoms with van der Waals surface area (Å²) in [7, 11) is 0. The lowest BCUT2D eigenvalue weighted by Crippen LogP contribution is -2.32. The first-order chi connectivity index (χ1) is 15.9. The maximum Gasteiger partial charge on any atom is 0.329 e. The third kappa shape index (κ3) is 4.83. The molecule has 0 saturated carbocycles. The van der Waals surface area contributed by atoms with E-state index in [2.05, 4.69) is 22.0 Å². The van der Waals surface area contributed by atoms with Gasteiger partial charge in [-0.1, -0.05) is 42.5 Å². The number of hydrogen-bond donors (Lipinski definition) is 3. The molecule has 8 heteroatoms. The molecule has 8 nitrogen and oxygen atoms in total. The Bertz CT molecular complexity index is 1250. The minimum atomic E-state index is -0.488. The zero-order valence-electron chi connectivity index (χ0n) is 17.8. The van der Waals surface area contributed by atoms with Crippen LogP contribution in [0.5, 0.6) is 0 Å². The van der Waals surface area contributed by atoms with Crippen molar-refractivity contribution in [2.24, 2.45) is 0 Å². The Morgan fingerprint density at radius 1 is 1.03 bits per heavy atom. The normalized spacial score (nSPS) is 13.8. The lowest BCUT2D eigenvalue weighted by molar-refractivity contribution is -0.115. The number of nitrogens with one attached hydrogen (secondary N) is 3. The van der Waals surface area contributed by atoms with E-state index in [1.807, 2.05) is 49.4 Å². The Morgan fingerprint density at radius 2 is 1.79 bits per heavy atom. The fourth-order valence-corrected chi connectivity index (χ4v) is 3.59. The van der Waals surface area contributed by atoms with Gasteiger partial charge in [0.05, 0.1) is 29.9 Å². The molecule has 0 radical (unpaired) electrons. The van der Waals surface area contributed by atoms with Gasteiger partial charge < -0.3 is 16.0 Å². The molecule has 1 heterocycles. The molecule has 164 valence electrons. The molecule has 1 atom stereocenters. The highest BCUT2D eigenvalue weighted by Gasteiger charge is 2.30. The number of amides is 5. The van der Waals surface area contributed by atoms with Crippen molar-refractivity contribution >= 4 is 29.3 Å². The van der Waals surface area contributed by atoms with Crippen LogP contribution >= 0.6 is 0 Å². The fraction of sp³-hybridized carbons (Fsp3) is 0.120. The quantitative estimate of drug-likeness (QED) is 0.518. The van der Waals surface area contributed by atoms with Gasteiger partial charge in [-0.25, -0.2) is 14.5 Å². The number of rotatable bonds is 5. The van der Waals surface area contributed by atoms with Crippen molar-refractivity contribution in [3.05, 3.63) is 83.9 Å². The molecule has 1 aliphatic heterocycles. The van der Waals surface area contributed by atoms with Crippen LogP contribution in [-0.2, 0) is 4.79 Å². The third-order valence-electron chi connectivity index (χ3n) is 5.29. The molecule has 0 bridgehead atoms. The summed E-state index contributed by atoms with van der Waals surface area (Å²) in [6.45, 7) is 1.82. The second kappa shape index (κ2) is 9.24. The van der Waals surface area contributed by atoms with E-state index in [0.717, 1.165) is 21.6 Å². The summed E-state index contributed by atoms with van der Waals surface area (Å²) in [6.07, 6.45) is 0. The van der Waals surface area contributed by atoms with Crippen LogP contribution in [0.2, 0.25) is 0 Å². The van der Waals surface area contributed by atoms with Crippen molar-refractivity contribution in [2.75, 3.05) is 16.8 Å². The second-order valence-corrected chi connectivity index (χ2v) is 7.57. The molecule has 3 N–H and O–H groups in total. The van der Waals surface area contributed by atoms with Crippen LogP contribution in [0, 0.1) is 11.3 Å². The van der Waals surface area contributed by atoms with Crippen molar-refractivity contribution in [1.29, 1.82) is 5.26 Å². The van der Waals surface area contributed by atoms with Crippen LogP contribution in [0.25, 0.3) is 11.1 Å². The van der Waals surface area contributed by atoms with Crippen molar-refractivity contribution in [3.63, 3.8) is 0 Å². The summed E-state index contributed by atoms with van der Waals surface area (Å²) >= 11 is 0. The highest BCUT2D eigenvalue weighted by Crippen LogP contribution is 2.24. The topological polar surface area (TPSA) is 114 Å². The van der Waals surface area contributed by atoms with Crippen LogP contribution in [0.4, 0.5) is 21.0 Å². The SMILES string of the molecule is CC(NC(=O)Nc1cccc(N2C(=O)CNC2=O)c1)c1ccc(-c2cccc(C#N)c2)cc1. The molecule has 4 rings (SSSR count). The molecule has 1 unspecified atom stereocenters. The Kier molecular flexibility index (Phi) is 6.04. The largest absolute Gasteiger partial charge is 0.331 e. The first kappa shape index (κ1) is 21.6. The van der Waals surface area contributed by atoms with Gasteiger partial charge in [-0.05, 0) is 53.9 Å². The number of anilines is 2. The van der Waals surface area contributed by atoms with Gasteiger partial charge in [0.15, 0.2) is 0 Å². The highest BCUT2D eigenvalue weighted by molar-refractivity contribution is 6.20. The van der Waals surface area contributed by atoms with E-state index in [1.165, 1.54) is 0 Å². The summed E-state index contributed by atoms with van der Waals surface area (Å²) in [6, 6.07) is 22.6. The van der Waals surface area contributed by atoms with E-state index in [-0.39, 0.29) is 18.5 Å². The third-order valence-corrected chi connectivity index (χ3v) is 5.29. The molecular formula is C25H21N5O3. The van der Waals surface area contributed by atoms with Gasteiger partial charge in [0.25, 0.3) is 5.91 Å². The summed E-state index contributed by atoms with van der Waals surface area (Å²) < 4.78 is 0. The average molecular weight is 439 g/mol. The van der Waals surface area contributed by atoms with Gasteiger partial charge in [0, 0.05) is 5.69 Å². The van der Waals surface area contributed by atoms with Gasteiger partial charge in [0.1, 0.15) is 0 Å². The number of urea groups is 2. The number of benzene rings is 3. The number of carbonyl (C=O) groups excluding carboxylic acids is 3. The van der Waals surface area contributed by atoms with Gasteiger partial charge in [-0.15, -0.1) is 0 Å². The lowest BCUT2D eigenvalue weighted by Gasteiger charge is -2.17. The van der Waals surface area contributed by atoms with E-state index in [9.17, 15) is 14.4 Å². The first-order valence-corrected chi connectivity index (χ1v) is 10.3. The maximum absolute atomic E-state index is 12.5. The zero-order valence-corrected chi connectivity index (χ0v) is 17.8. The molecule has 33 heavy (non-hydrogen) atoms. The smallest absolute Gasteiger partial charge is 0.329 e. The molecular weight excluding hydrogens is 418 g/mol. The lowest BCUT2D eigenvalue weighted by atomic mass is 10.00. The molecule has 0 spiro atoms. The molecule has 1 saturated heterocycles. The van der Waals surface area contributed by atoms with Gasteiger partial charge >= 0.3 is 12.1 Å².